The van der Waals surface area contributed by atoms with Gasteiger partial charge < -0.3 is 14.8 Å². The summed E-state index contributed by atoms with van der Waals surface area (Å²) in [5.41, 5.74) is 3.69. The van der Waals surface area contributed by atoms with Crippen LogP contribution in [0.25, 0.3) is 10.2 Å². The summed E-state index contributed by atoms with van der Waals surface area (Å²) >= 11 is 1.61. The first-order chi connectivity index (χ1) is 16.4. The first kappa shape index (κ1) is 24.5. The fraction of sp³-hybridized carbons (Fsp3) is 0.500. The lowest BCUT2D eigenvalue weighted by Gasteiger charge is -2.27. The van der Waals surface area contributed by atoms with E-state index in [0.717, 1.165) is 53.9 Å². The van der Waals surface area contributed by atoms with Crippen molar-refractivity contribution in [1.82, 2.24) is 9.88 Å². The Hall–Kier alpha value is -2.60. The van der Waals surface area contributed by atoms with Crippen molar-refractivity contribution in [2.45, 2.75) is 72.4 Å². The van der Waals surface area contributed by atoms with Crippen LogP contribution >= 0.6 is 11.3 Å². The Kier molecular flexibility index (Phi) is 7.77. The number of hydrogen-bond donors (Lipinski definition) is 1. The molecular weight excluding hydrogens is 442 g/mol. The largest absolute Gasteiger partial charge is 0.348 e. The Bertz CT molecular complexity index is 1140. The molecule has 34 heavy (non-hydrogen) atoms. The Morgan fingerprint density at radius 2 is 1.91 bits per heavy atom. The maximum absolute atomic E-state index is 13.5. The van der Waals surface area contributed by atoms with Crippen LogP contribution in [-0.4, -0.2) is 29.0 Å². The predicted molar refractivity (Wildman–Crippen MR) is 142 cm³/mol. The van der Waals surface area contributed by atoms with Gasteiger partial charge in [0, 0.05) is 18.3 Å². The number of benzene rings is 1. The maximum atomic E-state index is 13.5. The normalized spacial score (nSPS) is 18.4. The van der Waals surface area contributed by atoms with E-state index in [2.05, 4.69) is 38.2 Å². The van der Waals surface area contributed by atoms with E-state index in [-0.39, 0.29) is 24.4 Å². The average molecular weight is 480 g/mol. The minimum atomic E-state index is -0.0715. The smallest absolute Gasteiger partial charge is 0.268 e. The number of rotatable bonds is 8. The van der Waals surface area contributed by atoms with E-state index in [1.165, 1.54) is 5.56 Å². The second kappa shape index (κ2) is 10.8. The van der Waals surface area contributed by atoms with Gasteiger partial charge in [0.25, 0.3) is 5.91 Å². The fourth-order valence-corrected chi connectivity index (χ4v) is 5.87. The Morgan fingerprint density at radius 3 is 2.62 bits per heavy atom. The monoisotopic (exact) mass is 479 g/mol. The molecule has 0 unspecified atom stereocenters. The molecule has 0 aliphatic heterocycles. The molecule has 2 amide bonds. The summed E-state index contributed by atoms with van der Waals surface area (Å²) in [6.45, 7) is 9.41. The van der Waals surface area contributed by atoms with Crippen LogP contribution in [0.4, 0.5) is 5.69 Å². The third kappa shape index (κ3) is 5.54. The van der Waals surface area contributed by atoms with Crippen LogP contribution in [0, 0.1) is 11.8 Å². The topological polar surface area (TPSA) is 54.3 Å². The molecule has 2 aromatic heterocycles. The highest BCUT2D eigenvalue weighted by Gasteiger charge is 2.25. The lowest BCUT2D eigenvalue weighted by Crippen LogP contribution is -2.39. The number of nitrogens with zero attached hydrogens (tertiary/aromatic N) is 2. The summed E-state index contributed by atoms with van der Waals surface area (Å²) in [6.07, 6.45) is 5.34. The van der Waals surface area contributed by atoms with Crippen LogP contribution < -0.4 is 10.2 Å². The van der Waals surface area contributed by atoms with Gasteiger partial charge in [0.05, 0.1) is 10.2 Å². The van der Waals surface area contributed by atoms with Gasteiger partial charge in [-0.3, -0.25) is 9.59 Å². The van der Waals surface area contributed by atoms with Crippen LogP contribution in [0.1, 0.15) is 69.4 Å². The molecule has 0 atom stereocenters. The van der Waals surface area contributed by atoms with Crippen molar-refractivity contribution in [3.8, 4) is 0 Å². The number of fused-ring (bicyclic) bond motifs is 1. The predicted octanol–water partition coefficient (Wildman–Crippen LogP) is 6.26. The van der Waals surface area contributed by atoms with Crippen LogP contribution in [0.3, 0.4) is 0 Å². The second-order valence-electron chi connectivity index (χ2n) is 10.1. The van der Waals surface area contributed by atoms with Gasteiger partial charge in [-0.05, 0) is 86.1 Å². The Morgan fingerprint density at radius 1 is 1.15 bits per heavy atom. The van der Waals surface area contributed by atoms with Crippen LogP contribution in [-0.2, 0) is 17.8 Å². The van der Waals surface area contributed by atoms with Crippen LogP contribution in [0.15, 0.2) is 41.8 Å². The molecule has 0 bridgehead atoms. The molecule has 1 fully saturated rings. The van der Waals surface area contributed by atoms with Gasteiger partial charge in [0.1, 0.15) is 12.2 Å². The zero-order valence-corrected chi connectivity index (χ0v) is 21.7. The summed E-state index contributed by atoms with van der Waals surface area (Å²) in [5, 5.41) is 5.26. The zero-order chi connectivity index (χ0) is 24.2. The Labute approximate surface area is 207 Å². The fourth-order valence-electron chi connectivity index (χ4n) is 5.05. The van der Waals surface area contributed by atoms with Gasteiger partial charge >= 0.3 is 0 Å². The van der Waals surface area contributed by atoms with Crippen molar-refractivity contribution in [2.24, 2.45) is 11.8 Å². The number of thiophene rings is 1. The molecule has 1 aliphatic rings. The van der Waals surface area contributed by atoms with Gasteiger partial charge in [-0.15, -0.1) is 11.3 Å². The lowest BCUT2D eigenvalue weighted by molar-refractivity contribution is -0.119. The highest BCUT2D eigenvalue weighted by atomic mass is 32.1. The molecule has 3 aromatic rings. The van der Waals surface area contributed by atoms with Crippen molar-refractivity contribution in [1.29, 1.82) is 0 Å². The quantitative estimate of drug-likeness (QED) is 0.414. The first-order valence-electron chi connectivity index (χ1n) is 12.6. The molecule has 4 rings (SSSR count). The second-order valence-corrected chi connectivity index (χ2v) is 11.1. The van der Waals surface area contributed by atoms with E-state index in [1.54, 1.807) is 11.3 Å². The van der Waals surface area contributed by atoms with Crippen molar-refractivity contribution < 1.29 is 9.59 Å². The maximum Gasteiger partial charge on any atom is 0.268 e. The number of nitrogens with one attached hydrogen (secondary N) is 1. The average Bonchev–Trinajstić information content (AvgIpc) is 3.38. The standard InChI is InChI=1S/C28H37N3O2S/c1-5-30(23-8-6-7-21(16-23)15-19(2)3)27(32)18-31-24-13-14-34-26(24)17-25(31)28(33)29-22-11-9-20(4)10-12-22/h6-8,13-14,16-17,19-20,22H,5,9-12,15,18H2,1-4H3,(H,29,33)/t20-,22-. The third-order valence-electron chi connectivity index (χ3n) is 6.88. The van der Waals surface area contributed by atoms with Gasteiger partial charge in [-0.25, -0.2) is 0 Å². The van der Waals surface area contributed by atoms with E-state index in [9.17, 15) is 9.59 Å². The summed E-state index contributed by atoms with van der Waals surface area (Å²) < 4.78 is 2.94. The number of carbonyl (C=O) groups excluding carboxylic acids is 2. The van der Waals surface area contributed by atoms with Gasteiger partial charge in [0.15, 0.2) is 0 Å². The minimum Gasteiger partial charge on any atom is -0.348 e. The number of anilines is 1. The molecule has 5 nitrogen and oxygen atoms in total. The van der Waals surface area contributed by atoms with Crippen molar-refractivity contribution >= 4 is 39.1 Å². The Balaban J connectivity index is 1.55. The molecule has 1 saturated carbocycles. The van der Waals surface area contributed by atoms with Crippen molar-refractivity contribution in [3.05, 3.63) is 53.0 Å². The molecule has 6 heteroatoms. The third-order valence-corrected chi connectivity index (χ3v) is 7.74. The summed E-state index contributed by atoms with van der Waals surface area (Å²) in [7, 11) is 0. The number of hydrogen-bond acceptors (Lipinski definition) is 3. The number of carbonyl (C=O) groups is 2. The molecule has 2 heterocycles. The van der Waals surface area contributed by atoms with E-state index >= 15 is 0 Å². The lowest BCUT2D eigenvalue weighted by atomic mass is 9.87. The van der Waals surface area contributed by atoms with E-state index < -0.39 is 0 Å². The van der Waals surface area contributed by atoms with E-state index in [4.69, 9.17) is 0 Å². The minimum absolute atomic E-state index is 0.00608. The highest BCUT2D eigenvalue weighted by Crippen LogP contribution is 2.28. The molecular formula is C28H37N3O2S. The summed E-state index contributed by atoms with van der Waals surface area (Å²) in [4.78, 5) is 28.6. The van der Waals surface area contributed by atoms with Crippen LogP contribution in [0.5, 0.6) is 0 Å². The van der Waals surface area contributed by atoms with Gasteiger partial charge in [-0.1, -0.05) is 32.9 Å². The van der Waals surface area contributed by atoms with Gasteiger partial charge in [0.2, 0.25) is 5.91 Å². The molecule has 182 valence electrons. The van der Waals surface area contributed by atoms with E-state index in [1.807, 2.05) is 46.0 Å². The number of likely N-dealkylation sites (N-methyl/N-ethyl adjacent to an activating group) is 1. The summed E-state index contributed by atoms with van der Waals surface area (Å²) in [6, 6.07) is 12.4. The molecule has 1 aromatic carbocycles. The molecule has 0 spiro atoms. The SMILES string of the molecule is CCN(C(=O)Cn1c(C(=O)N[C@H]2CC[C@H](C)CC2)cc2sccc21)c1cccc(CC(C)C)c1. The number of aromatic nitrogens is 1. The van der Waals surface area contributed by atoms with Crippen molar-refractivity contribution in [3.63, 3.8) is 0 Å². The first-order valence-corrected chi connectivity index (χ1v) is 13.5. The van der Waals surface area contributed by atoms with Crippen molar-refractivity contribution in [2.75, 3.05) is 11.4 Å². The van der Waals surface area contributed by atoms with E-state index in [0.29, 0.717) is 18.2 Å². The number of amides is 2. The van der Waals surface area contributed by atoms with Gasteiger partial charge in [-0.2, -0.15) is 0 Å². The summed E-state index contributed by atoms with van der Waals surface area (Å²) in [5.74, 6) is 1.21. The molecule has 0 radical (unpaired) electrons. The highest BCUT2D eigenvalue weighted by molar-refractivity contribution is 7.17. The van der Waals surface area contributed by atoms with Crippen LogP contribution in [0.2, 0.25) is 0 Å². The molecule has 1 aliphatic carbocycles. The molecule has 1 N–H and O–H groups in total. The molecule has 0 saturated heterocycles. The zero-order valence-electron chi connectivity index (χ0n) is 20.8.